The molecule has 28 heavy (non-hydrogen) atoms. The third-order valence-corrected chi connectivity index (χ3v) is 5.74. The average Bonchev–Trinajstić information content (AvgIpc) is 2.61. The number of nitrogens with one attached hydrogen (secondary N) is 1. The molecular weight excluding hydrogens is 400 g/mol. The summed E-state index contributed by atoms with van der Waals surface area (Å²) in [5, 5.41) is 3.22. The van der Waals surface area contributed by atoms with Gasteiger partial charge in [0, 0.05) is 16.8 Å². The van der Waals surface area contributed by atoms with Crippen molar-refractivity contribution in [2.24, 2.45) is 0 Å². The van der Waals surface area contributed by atoms with Gasteiger partial charge in [-0.25, -0.2) is 8.42 Å². The Morgan fingerprint density at radius 3 is 2.50 bits per heavy atom. The zero-order chi connectivity index (χ0) is 20.9. The molecule has 8 heteroatoms. The number of rotatable bonds is 8. The number of sulfonamides is 1. The topological polar surface area (TPSA) is 75.7 Å². The Labute approximate surface area is 171 Å². The number of hydrogen-bond acceptors (Lipinski definition) is 4. The number of nitrogens with zero attached hydrogens (tertiary/aromatic N) is 1. The van der Waals surface area contributed by atoms with Gasteiger partial charge in [0.2, 0.25) is 15.9 Å². The van der Waals surface area contributed by atoms with Crippen LogP contribution in [0.25, 0.3) is 0 Å². The van der Waals surface area contributed by atoms with Crippen LogP contribution in [0.3, 0.4) is 0 Å². The summed E-state index contributed by atoms with van der Waals surface area (Å²) in [7, 11) is -3.72. The van der Waals surface area contributed by atoms with E-state index in [-0.39, 0.29) is 6.42 Å². The van der Waals surface area contributed by atoms with Gasteiger partial charge in [0.1, 0.15) is 11.8 Å². The van der Waals surface area contributed by atoms with E-state index in [0.717, 1.165) is 16.1 Å². The molecule has 0 saturated heterocycles. The molecule has 152 valence electrons. The van der Waals surface area contributed by atoms with Crippen LogP contribution in [0.5, 0.6) is 5.75 Å². The lowest BCUT2D eigenvalue weighted by atomic mass is 10.1. The van der Waals surface area contributed by atoms with Crippen LogP contribution < -0.4 is 14.4 Å². The molecule has 0 aliphatic heterocycles. The minimum atomic E-state index is -3.72. The van der Waals surface area contributed by atoms with Gasteiger partial charge in [0.05, 0.1) is 18.6 Å². The maximum absolute atomic E-state index is 12.9. The molecule has 0 radical (unpaired) electrons. The minimum absolute atomic E-state index is 0.287. The highest BCUT2D eigenvalue weighted by Crippen LogP contribution is 2.28. The quantitative estimate of drug-likeness (QED) is 0.688. The van der Waals surface area contributed by atoms with Crippen molar-refractivity contribution < 1.29 is 17.9 Å². The molecule has 0 aliphatic rings. The lowest BCUT2D eigenvalue weighted by Crippen LogP contribution is -2.47. The molecule has 0 aromatic heterocycles. The van der Waals surface area contributed by atoms with Gasteiger partial charge in [-0.2, -0.15) is 0 Å². The first kappa shape index (κ1) is 22.0. The van der Waals surface area contributed by atoms with Crippen molar-refractivity contribution in [3.05, 3.63) is 53.1 Å². The zero-order valence-electron chi connectivity index (χ0n) is 16.4. The fraction of sp³-hybridized carbons (Fsp3) is 0.350. The third kappa shape index (κ3) is 5.39. The minimum Gasteiger partial charge on any atom is -0.494 e. The van der Waals surface area contributed by atoms with E-state index in [1.165, 1.54) is 0 Å². The van der Waals surface area contributed by atoms with Crippen molar-refractivity contribution in [2.75, 3.05) is 22.5 Å². The summed E-state index contributed by atoms with van der Waals surface area (Å²) < 4.78 is 31.6. The van der Waals surface area contributed by atoms with Gasteiger partial charge >= 0.3 is 0 Å². The van der Waals surface area contributed by atoms with E-state index < -0.39 is 22.0 Å². The SMILES string of the molecule is CCOc1cccc(NC(=O)[C@H](CC)N(c2ccc(C)c(Cl)c2)S(C)(=O)=O)c1. The second kappa shape index (κ2) is 9.30. The first-order valence-corrected chi connectivity index (χ1v) is 11.2. The van der Waals surface area contributed by atoms with Gasteiger partial charge in [0.25, 0.3) is 0 Å². The van der Waals surface area contributed by atoms with Crippen LogP contribution in [0.1, 0.15) is 25.8 Å². The predicted molar refractivity (Wildman–Crippen MR) is 114 cm³/mol. The Balaban J connectivity index is 2.36. The van der Waals surface area contributed by atoms with Gasteiger partial charge < -0.3 is 10.1 Å². The molecule has 2 aromatic carbocycles. The van der Waals surface area contributed by atoms with Crippen LogP contribution in [0.2, 0.25) is 5.02 Å². The highest BCUT2D eigenvalue weighted by Gasteiger charge is 2.31. The van der Waals surface area contributed by atoms with Gasteiger partial charge in [0.15, 0.2) is 0 Å². The number of aryl methyl sites for hydroxylation is 1. The van der Waals surface area contributed by atoms with E-state index in [9.17, 15) is 13.2 Å². The molecule has 0 fully saturated rings. The predicted octanol–water partition coefficient (Wildman–Crippen LogP) is 4.23. The molecule has 1 atom stereocenters. The van der Waals surface area contributed by atoms with Crippen molar-refractivity contribution in [1.82, 2.24) is 0 Å². The number of anilines is 2. The standard InChI is InChI=1S/C20H25ClN2O4S/c1-5-19(20(24)22-15-8-7-9-17(12-15)27-6-2)23(28(4,25)26)16-11-10-14(3)18(21)13-16/h7-13,19H,5-6H2,1-4H3,(H,22,24)/t19-/m0/s1. The maximum Gasteiger partial charge on any atom is 0.248 e. The second-order valence-corrected chi connectivity index (χ2v) is 8.63. The van der Waals surface area contributed by atoms with E-state index in [1.54, 1.807) is 49.4 Å². The van der Waals surface area contributed by atoms with E-state index in [0.29, 0.717) is 28.8 Å². The highest BCUT2D eigenvalue weighted by molar-refractivity contribution is 7.92. The molecule has 0 heterocycles. The molecule has 1 N–H and O–H groups in total. The lowest BCUT2D eigenvalue weighted by Gasteiger charge is -2.30. The number of ether oxygens (including phenoxy) is 1. The fourth-order valence-electron chi connectivity index (χ4n) is 2.83. The Kier molecular flexibility index (Phi) is 7.32. The van der Waals surface area contributed by atoms with Gasteiger partial charge in [-0.1, -0.05) is 30.7 Å². The fourth-order valence-corrected chi connectivity index (χ4v) is 4.21. The van der Waals surface area contributed by atoms with Gasteiger partial charge in [-0.3, -0.25) is 9.10 Å². The Morgan fingerprint density at radius 1 is 1.21 bits per heavy atom. The van der Waals surface area contributed by atoms with E-state index in [1.807, 2.05) is 13.8 Å². The molecule has 1 amide bonds. The molecule has 0 unspecified atom stereocenters. The first-order valence-electron chi connectivity index (χ1n) is 8.96. The van der Waals surface area contributed by atoms with Crippen LogP contribution in [0.15, 0.2) is 42.5 Å². The van der Waals surface area contributed by atoms with Gasteiger partial charge in [-0.15, -0.1) is 0 Å². The molecule has 0 saturated carbocycles. The molecule has 0 spiro atoms. The average molecular weight is 425 g/mol. The number of amides is 1. The summed E-state index contributed by atoms with van der Waals surface area (Å²) in [6.45, 7) is 5.96. The van der Waals surface area contributed by atoms with Crippen LogP contribution in [0.4, 0.5) is 11.4 Å². The van der Waals surface area contributed by atoms with Gasteiger partial charge in [-0.05, 0) is 50.1 Å². The number of carbonyl (C=O) groups excluding carboxylic acids is 1. The summed E-state index contributed by atoms with van der Waals surface area (Å²) in [6.07, 6.45) is 1.36. The van der Waals surface area contributed by atoms with Crippen LogP contribution in [-0.4, -0.2) is 33.2 Å². The summed E-state index contributed by atoms with van der Waals surface area (Å²) in [6, 6.07) is 11.0. The van der Waals surface area contributed by atoms with E-state index >= 15 is 0 Å². The van der Waals surface area contributed by atoms with E-state index in [2.05, 4.69) is 5.32 Å². The molecule has 0 bridgehead atoms. The van der Waals surface area contributed by atoms with Crippen LogP contribution >= 0.6 is 11.6 Å². The Morgan fingerprint density at radius 2 is 1.93 bits per heavy atom. The monoisotopic (exact) mass is 424 g/mol. The Bertz CT molecular complexity index is 947. The van der Waals surface area contributed by atoms with E-state index in [4.69, 9.17) is 16.3 Å². The summed E-state index contributed by atoms with van der Waals surface area (Å²) in [5.74, 6) is 0.192. The summed E-state index contributed by atoms with van der Waals surface area (Å²) >= 11 is 6.18. The smallest absolute Gasteiger partial charge is 0.248 e. The second-order valence-electron chi connectivity index (χ2n) is 6.37. The molecule has 2 aromatic rings. The third-order valence-electron chi connectivity index (χ3n) is 4.15. The summed E-state index contributed by atoms with van der Waals surface area (Å²) in [5.41, 5.74) is 1.71. The highest BCUT2D eigenvalue weighted by atomic mass is 35.5. The number of halogens is 1. The van der Waals surface area contributed by atoms with Crippen molar-refractivity contribution in [1.29, 1.82) is 0 Å². The summed E-state index contributed by atoms with van der Waals surface area (Å²) in [4.78, 5) is 12.9. The van der Waals surface area contributed by atoms with Crippen molar-refractivity contribution >= 4 is 38.9 Å². The lowest BCUT2D eigenvalue weighted by molar-refractivity contribution is -0.117. The molecular formula is C20H25ClN2O4S. The maximum atomic E-state index is 12.9. The Hall–Kier alpha value is -2.25. The zero-order valence-corrected chi connectivity index (χ0v) is 18.0. The molecule has 2 rings (SSSR count). The van der Waals surface area contributed by atoms with Crippen molar-refractivity contribution in [3.63, 3.8) is 0 Å². The van der Waals surface area contributed by atoms with Crippen molar-refractivity contribution in [2.45, 2.75) is 33.2 Å². The normalized spacial score (nSPS) is 12.3. The number of benzene rings is 2. The molecule has 0 aliphatic carbocycles. The van der Waals surface area contributed by atoms with Crippen LogP contribution in [0, 0.1) is 6.92 Å². The van der Waals surface area contributed by atoms with Crippen LogP contribution in [-0.2, 0) is 14.8 Å². The van der Waals surface area contributed by atoms with Crippen molar-refractivity contribution in [3.8, 4) is 5.75 Å². The number of hydrogen-bond donors (Lipinski definition) is 1. The molecule has 6 nitrogen and oxygen atoms in total. The number of carbonyl (C=O) groups is 1. The first-order chi connectivity index (χ1) is 13.2. The largest absolute Gasteiger partial charge is 0.494 e.